The van der Waals surface area contributed by atoms with Gasteiger partial charge in [0, 0.05) is 29.1 Å². The van der Waals surface area contributed by atoms with Crippen LogP contribution in [0.1, 0.15) is 12.7 Å². The molecule has 0 aliphatic rings. The number of likely N-dealkylation sites (N-methyl/N-ethyl adjacent to an activating group) is 1. The predicted octanol–water partition coefficient (Wildman–Crippen LogP) is 3.62. The monoisotopic (exact) mass is 354 g/mol. The Hall–Kier alpha value is -1.89. The first-order valence-corrected chi connectivity index (χ1v) is 7.26. The number of rotatable bonds is 5. The van der Waals surface area contributed by atoms with Crippen LogP contribution in [0.5, 0.6) is 0 Å². The van der Waals surface area contributed by atoms with Gasteiger partial charge in [-0.2, -0.15) is 4.98 Å². The molecule has 2 aromatic heterocycles. The summed E-state index contributed by atoms with van der Waals surface area (Å²) in [6.07, 6.45) is 0.676. The van der Waals surface area contributed by atoms with Gasteiger partial charge in [0.1, 0.15) is 5.69 Å². The summed E-state index contributed by atoms with van der Waals surface area (Å²) in [6, 6.07) is 9.40. The van der Waals surface area contributed by atoms with E-state index in [4.69, 9.17) is 20.6 Å². The molecule has 8 heteroatoms. The Balaban J connectivity index is 0.00000192. The summed E-state index contributed by atoms with van der Waals surface area (Å²) in [6.45, 7) is 2.04. The minimum absolute atomic E-state index is 0. The number of hydrogen-bond acceptors (Lipinski definition) is 6. The molecule has 0 bridgehead atoms. The molecule has 2 heterocycles. The lowest BCUT2D eigenvalue weighted by Crippen LogP contribution is -2.24. The van der Waals surface area contributed by atoms with E-state index < -0.39 is 0 Å². The molecule has 1 N–H and O–H groups in total. The molecule has 0 aliphatic heterocycles. The molecule has 0 amide bonds. The molecule has 0 aliphatic carbocycles. The molecule has 6 nitrogen and oxygen atoms in total. The highest BCUT2D eigenvalue weighted by molar-refractivity contribution is 6.30. The minimum Gasteiger partial charge on any atom is -0.350 e. The average Bonchev–Trinajstić information content (AvgIpc) is 3.15. The summed E-state index contributed by atoms with van der Waals surface area (Å²) in [4.78, 5) is 4.32. The highest BCUT2D eigenvalue weighted by Crippen LogP contribution is 2.26. The summed E-state index contributed by atoms with van der Waals surface area (Å²) in [5.74, 6) is 1.38. The Bertz CT molecular complexity index is 772. The van der Waals surface area contributed by atoms with Crippen LogP contribution in [0.25, 0.3) is 22.9 Å². The van der Waals surface area contributed by atoms with E-state index in [1.54, 1.807) is 12.1 Å². The summed E-state index contributed by atoms with van der Waals surface area (Å²) >= 11 is 5.98. The molecule has 3 rings (SSSR count). The number of hydrogen-bond donors (Lipinski definition) is 1. The molecule has 23 heavy (non-hydrogen) atoms. The second kappa shape index (κ2) is 7.59. The van der Waals surface area contributed by atoms with Gasteiger partial charge in [0.15, 0.2) is 5.82 Å². The fraction of sp³-hybridized carbons (Fsp3) is 0.267. The van der Waals surface area contributed by atoms with Gasteiger partial charge in [-0.05, 0) is 26.1 Å². The number of nitrogens with zero attached hydrogens (tertiary/aromatic N) is 3. The van der Waals surface area contributed by atoms with Crippen LogP contribution in [0.3, 0.4) is 0 Å². The smallest absolute Gasteiger partial charge is 0.296 e. The molecule has 0 fully saturated rings. The van der Waals surface area contributed by atoms with E-state index in [1.165, 1.54) is 0 Å². The largest absolute Gasteiger partial charge is 0.350 e. The van der Waals surface area contributed by atoms with Crippen LogP contribution in [0.15, 0.2) is 39.4 Å². The Kier molecular flexibility index (Phi) is 5.76. The fourth-order valence-electron chi connectivity index (χ4n) is 1.97. The van der Waals surface area contributed by atoms with Gasteiger partial charge in [0.05, 0.1) is 0 Å². The molecular formula is C15H16Cl2N4O2. The average molecular weight is 355 g/mol. The zero-order valence-electron chi connectivity index (χ0n) is 12.6. The third-order valence-corrected chi connectivity index (χ3v) is 3.53. The van der Waals surface area contributed by atoms with Gasteiger partial charge in [-0.3, -0.25) is 0 Å². The van der Waals surface area contributed by atoms with Gasteiger partial charge >= 0.3 is 0 Å². The van der Waals surface area contributed by atoms with E-state index in [2.05, 4.69) is 20.6 Å². The molecule has 0 spiro atoms. The van der Waals surface area contributed by atoms with Crippen molar-refractivity contribution in [2.24, 2.45) is 0 Å². The highest BCUT2D eigenvalue weighted by atomic mass is 35.5. The first-order chi connectivity index (χ1) is 10.7. The predicted molar refractivity (Wildman–Crippen MR) is 89.7 cm³/mol. The van der Waals surface area contributed by atoms with Gasteiger partial charge in [0.2, 0.25) is 5.76 Å². The maximum Gasteiger partial charge on any atom is 0.296 e. The van der Waals surface area contributed by atoms with Crippen molar-refractivity contribution in [1.82, 2.24) is 20.6 Å². The molecule has 1 aromatic carbocycles. The van der Waals surface area contributed by atoms with Crippen molar-refractivity contribution in [1.29, 1.82) is 0 Å². The molecule has 122 valence electrons. The van der Waals surface area contributed by atoms with Crippen molar-refractivity contribution in [2.45, 2.75) is 19.4 Å². The first-order valence-electron chi connectivity index (χ1n) is 6.88. The van der Waals surface area contributed by atoms with Gasteiger partial charge < -0.3 is 14.4 Å². The topological polar surface area (TPSA) is 77.0 Å². The number of benzene rings is 1. The second-order valence-corrected chi connectivity index (χ2v) is 5.43. The molecule has 1 unspecified atom stereocenters. The van der Waals surface area contributed by atoms with E-state index in [9.17, 15) is 0 Å². The number of halogens is 2. The fourth-order valence-corrected chi connectivity index (χ4v) is 2.16. The highest BCUT2D eigenvalue weighted by Gasteiger charge is 2.16. The van der Waals surface area contributed by atoms with E-state index in [-0.39, 0.29) is 18.4 Å². The van der Waals surface area contributed by atoms with Crippen LogP contribution < -0.4 is 5.32 Å². The molecule has 0 saturated heterocycles. The first kappa shape index (κ1) is 17.5. The van der Waals surface area contributed by atoms with Gasteiger partial charge in [-0.25, -0.2) is 0 Å². The Labute approximate surface area is 144 Å². The van der Waals surface area contributed by atoms with Crippen molar-refractivity contribution in [2.75, 3.05) is 7.05 Å². The lowest BCUT2D eigenvalue weighted by atomic mass is 10.1. The maximum atomic E-state index is 5.98. The van der Waals surface area contributed by atoms with Gasteiger partial charge in [-0.1, -0.05) is 34.0 Å². The molecule has 0 radical (unpaired) electrons. The third-order valence-electron chi connectivity index (χ3n) is 3.29. The standard InChI is InChI=1S/C15H15ClN4O2.ClH/c1-9(17-2)6-14-18-15(22-20-14)13-8-12(19-21-13)10-4-3-5-11(16)7-10;/h3-5,7-9,17H,6H2,1-2H3;1H. The van der Waals surface area contributed by atoms with Crippen molar-refractivity contribution >= 4 is 24.0 Å². The third kappa shape index (κ3) is 4.10. The van der Waals surface area contributed by atoms with Crippen LogP contribution in [-0.2, 0) is 6.42 Å². The van der Waals surface area contributed by atoms with Crippen LogP contribution in [-0.4, -0.2) is 28.4 Å². The van der Waals surface area contributed by atoms with E-state index in [0.717, 1.165) is 5.56 Å². The normalized spacial score (nSPS) is 12.0. The maximum absolute atomic E-state index is 5.98. The van der Waals surface area contributed by atoms with Crippen molar-refractivity contribution in [3.63, 3.8) is 0 Å². The molecule has 3 aromatic rings. The molecule has 1 atom stereocenters. The van der Waals surface area contributed by atoms with E-state index in [1.807, 2.05) is 32.2 Å². The lowest BCUT2D eigenvalue weighted by molar-refractivity contribution is 0.381. The Morgan fingerprint density at radius 1 is 1.22 bits per heavy atom. The van der Waals surface area contributed by atoms with Crippen LogP contribution in [0, 0.1) is 0 Å². The quantitative estimate of drug-likeness (QED) is 0.753. The Morgan fingerprint density at radius 2 is 2.04 bits per heavy atom. The van der Waals surface area contributed by atoms with Gasteiger partial charge in [-0.15, -0.1) is 12.4 Å². The Morgan fingerprint density at radius 3 is 2.78 bits per heavy atom. The van der Waals surface area contributed by atoms with Crippen molar-refractivity contribution < 1.29 is 9.05 Å². The minimum atomic E-state index is 0. The lowest BCUT2D eigenvalue weighted by Gasteiger charge is -2.04. The SMILES string of the molecule is CNC(C)Cc1noc(-c2cc(-c3cccc(Cl)c3)no2)n1.Cl. The van der Waals surface area contributed by atoms with E-state index in [0.29, 0.717) is 34.6 Å². The second-order valence-electron chi connectivity index (χ2n) is 5.00. The summed E-state index contributed by atoms with van der Waals surface area (Å²) in [5, 5.41) is 11.7. The van der Waals surface area contributed by atoms with Crippen LogP contribution >= 0.6 is 24.0 Å². The van der Waals surface area contributed by atoms with Crippen LogP contribution in [0.4, 0.5) is 0 Å². The van der Waals surface area contributed by atoms with Crippen molar-refractivity contribution in [3.05, 3.63) is 41.2 Å². The summed E-state index contributed by atoms with van der Waals surface area (Å²) in [7, 11) is 1.89. The van der Waals surface area contributed by atoms with E-state index >= 15 is 0 Å². The van der Waals surface area contributed by atoms with Crippen LogP contribution in [0.2, 0.25) is 5.02 Å². The summed E-state index contributed by atoms with van der Waals surface area (Å²) < 4.78 is 10.5. The van der Waals surface area contributed by atoms with Gasteiger partial charge in [0.25, 0.3) is 5.89 Å². The molecular weight excluding hydrogens is 339 g/mol. The number of aromatic nitrogens is 3. The zero-order valence-corrected chi connectivity index (χ0v) is 14.2. The molecule has 0 saturated carbocycles. The van der Waals surface area contributed by atoms with Crippen molar-refractivity contribution in [3.8, 4) is 22.9 Å². The summed E-state index contributed by atoms with van der Waals surface area (Å²) in [5.41, 5.74) is 1.53. The zero-order chi connectivity index (χ0) is 15.5. The number of nitrogens with one attached hydrogen (secondary N) is 1.